The molecule has 1 aromatic heterocycles. The number of nitro groups is 1. The van der Waals surface area contributed by atoms with E-state index in [-0.39, 0.29) is 5.69 Å². The fourth-order valence-electron chi connectivity index (χ4n) is 2.07. The van der Waals surface area contributed by atoms with Gasteiger partial charge >= 0.3 is 0 Å². The first-order valence-corrected chi connectivity index (χ1v) is 8.38. The highest BCUT2D eigenvalue weighted by molar-refractivity contribution is 7.95. The summed E-state index contributed by atoms with van der Waals surface area (Å²) in [5, 5.41) is 20.2. The maximum Gasteiger partial charge on any atom is 0.293 e. The molecule has 0 saturated heterocycles. The van der Waals surface area contributed by atoms with Crippen LogP contribution in [0.3, 0.4) is 0 Å². The summed E-state index contributed by atoms with van der Waals surface area (Å²) in [7, 11) is -3.67. The first kappa shape index (κ1) is 16.5. The fourth-order valence-corrected chi connectivity index (χ4v) is 2.57. The predicted octanol–water partition coefficient (Wildman–Crippen LogP) is 2.60. The van der Waals surface area contributed by atoms with Crippen LogP contribution in [0.25, 0.3) is 11.8 Å². The average molecular weight is 331 g/mol. The van der Waals surface area contributed by atoms with E-state index < -0.39 is 19.7 Å². The van der Waals surface area contributed by atoms with Crippen LogP contribution in [-0.2, 0) is 9.84 Å². The monoisotopic (exact) mass is 331 g/mol. The van der Waals surface area contributed by atoms with E-state index in [9.17, 15) is 18.5 Å². The lowest BCUT2D eigenvalue weighted by molar-refractivity contribution is -0.384. The maximum atomic E-state index is 11.5. The van der Waals surface area contributed by atoms with Gasteiger partial charge in [-0.1, -0.05) is 6.07 Å². The number of aromatic nitrogens is 1. The van der Waals surface area contributed by atoms with Gasteiger partial charge in [-0.25, -0.2) is 8.42 Å². The van der Waals surface area contributed by atoms with Gasteiger partial charge in [-0.2, -0.15) is 5.26 Å². The summed E-state index contributed by atoms with van der Waals surface area (Å²) >= 11 is 0. The molecule has 0 aliphatic carbocycles. The second-order valence-electron chi connectivity index (χ2n) is 4.94. The van der Waals surface area contributed by atoms with Crippen LogP contribution in [0.1, 0.15) is 11.3 Å². The van der Waals surface area contributed by atoms with E-state index in [4.69, 9.17) is 5.26 Å². The number of hydrogen-bond acceptors (Lipinski definition) is 5. The summed E-state index contributed by atoms with van der Waals surface area (Å²) in [6.45, 7) is 1.74. The molecule has 0 saturated carbocycles. The van der Waals surface area contributed by atoms with Crippen molar-refractivity contribution in [1.29, 1.82) is 5.26 Å². The Kier molecular flexibility index (Phi) is 4.33. The number of nitro benzene ring substituents is 1. The lowest BCUT2D eigenvalue weighted by Crippen LogP contribution is -2.03. The Bertz CT molecular complexity index is 949. The van der Waals surface area contributed by atoms with Crippen molar-refractivity contribution in [2.75, 3.05) is 6.26 Å². The summed E-state index contributed by atoms with van der Waals surface area (Å²) in [5.74, 6) is 0. The Balaban J connectivity index is 2.67. The van der Waals surface area contributed by atoms with Crippen LogP contribution < -0.4 is 0 Å². The van der Waals surface area contributed by atoms with Crippen molar-refractivity contribution >= 4 is 21.6 Å². The average Bonchev–Trinajstić information content (AvgIpc) is 2.91. The van der Waals surface area contributed by atoms with Gasteiger partial charge in [-0.05, 0) is 36.8 Å². The van der Waals surface area contributed by atoms with Gasteiger partial charge in [0.25, 0.3) is 5.69 Å². The number of nitrogens with zero attached hydrogens (tertiary/aromatic N) is 3. The van der Waals surface area contributed by atoms with E-state index in [0.717, 1.165) is 11.8 Å². The Hall–Kier alpha value is -2.92. The fraction of sp³-hybridized carbons (Fsp3) is 0.133. The molecule has 0 N–H and O–H groups in total. The van der Waals surface area contributed by atoms with Crippen LogP contribution in [-0.4, -0.2) is 24.2 Å². The topological polar surface area (TPSA) is 106 Å². The summed E-state index contributed by atoms with van der Waals surface area (Å²) in [5.41, 5.74) is 1.29. The summed E-state index contributed by atoms with van der Waals surface area (Å²) in [6.07, 6.45) is 3.70. The SMILES string of the molecule is Cc1ccc(-n2cccc2C=C(C#N)S(C)(=O)=O)c([N+](=O)[O-])c1. The second-order valence-corrected chi connectivity index (χ2v) is 6.93. The van der Waals surface area contributed by atoms with Crippen LogP contribution >= 0.6 is 0 Å². The number of allylic oxidation sites excluding steroid dienone is 1. The minimum atomic E-state index is -3.67. The molecule has 0 atom stereocenters. The predicted molar refractivity (Wildman–Crippen MR) is 85.6 cm³/mol. The van der Waals surface area contributed by atoms with E-state index in [0.29, 0.717) is 11.4 Å². The molecular weight excluding hydrogens is 318 g/mol. The van der Waals surface area contributed by atoms with Crippen molar-refractivity contribution in [3.05, 3.63) is 62.8 Å². The van der Waals surface area contributed by atoms with Crippen molar-refractivity contribution in [3.63, 3.8) is 0 Å². The standard InChI is InChI=1S/C15H13N3O4S/c1-11-5-6-14(15(8-11)18(19)20)17-7-3-4-12(17)9-13(10-16)23(2,21)22/h3-9H,1-2H3. The molecular formula is C15H13N3O4S. The van der Waals surface area contributed by atoms with Gasteiger partial charge in [0.1, 0.15) is 16.7 Å². The third kappa shape index (κ3) is 3.46. The number of aryl methyl sites for hydroxylation is 1. The molecule has 118 valence electrons. The quantitative estimate of drug-likeness (QED) is 0.486. The third-order valence-electron chi connectivity index (χ3n) is 3.16. The van der Waals surface area contributed by atoms with E-state index in [1.54, 1.807) is 43.5 Å². The summed E-state index contributed by atoms with van der Waals surface area (Å²) in [6, 6.07) is 9.56. The largest absolute Gasteiger partial charge is 0.311 e. The Morgan fingerprint density at radius 1 is 1.39 bits per heavy atom. The van der Waals surface area contributed by atoms with E-state index in [2.05, 4.69) is 0 Å². The van der Waals surface area contributed by atoms with Gasteiger partial charge in [0.05, 0.1) is 4.92 Å². The zero-order chi connectivity index (χ0) is 17.2. The van der Waals surface area contributed by atoms with Crippen LogP contribution in [0.15, 0.2) is 41.4 Å². The molecule has 0 spiro atoms. The van der Waals surface area contributed by atoms with Gasteiger partial charge in [0.15, 0.2) is 9.84 Å². The Morgan fingerprint density at radius 3 is 2.65 bits per heavy atom. The normalized spacial score (nSPS) is 12.0. The summed E-state index contributed by atoms with van der Waals surface area (Å²) in [4.78, 5) is 10.3. The summed E-state index contributed by atoms with van der Waals surface area (Å²) < 4.78 is 24.6. The maximum absolute atomic E-state index is 11.5. The number of nitriles is 1. The third-order valence-corrected chi connectivity index (χ3v) is 4.16. The molecule has 1 heterocycles. The smallest absolute Gasteiger partial charge is 0.293 e. The molecule has 0 bridgehead atoms. The van der Waals surface area contributed by atoms with Crippen molar-refractivity contribution in [2.45, 2.75) is 6.92 Å². The zero-order valence-corrected chi connectivity index (χ0v) is 13.2. The second kappa shape index (κ2) is 6.06. The van der Waals surface area contributed by atoms with Crippen molar-refractivity contribution in [1.82, 2.24) is 4.57 Å². The van der Waals surface area contributed by atoms with Gasteiger partial charge in [0.2, 0.25) is 0 Å². The lowest BCUT2D eigenvalue weighted by Gasteiger charge is -2.08. The molecule has 0 aliphatic rings. The van der Waals surface area contributed by atoms with Crippen molar-refractivity contribution < 1.29 is 13.3 Å². The molecule has 1 aromatic carbocycles. The zero-order valence-electron chi connectivity index (χ0n) is 12.4. The highest BCUT2D eigenvalue weighted by atomic mass is 32.2. The van der Waals surface area contributed by atoms with Crippen LogP contribution in [0, 0.1) is 28.4 Å². The minimum absolute atomic E-state index is 0.103. The molecule has 0 amide bonds. The van der Waals surface area contributed by atoms with Gasteiger partial charge in [-0.15, -0.1) is 0 Å². The lowest BCUT2D eigenvalue weighted by atomic mass is 10.2. The van der Waals surface area contributed by atoms with Gasteiger partial charge in [-0.3, -0.25) is 10.1 Å². The number of benzene rings is 1. The number of rotatable bonds is 4. The molecule has 2 aromatic rings. The number of hydrogen-bond donors (Lipinski definition) is 0. The van der Waals surface area contributed by atoms with E-state index in [1.165, 1.54) is 16.7 Å². The molecule has 0 radical (unpaired) electrons. The highest BCUT2D eigenvalue weighted by Crippen LogP contribution is 2.26. The van der Waals surface area contributed by atoms with Crippen molar-refractivity contribution in [2.24, 2.45) is 0 Å². The Morgan fingerprint density at radius 2 is 2.09 bits per heavy atom. The number of sulfone groups is 1. The minimum Gasteiger partial charge on any atom is -0.311 e. The highest BCUT2D eigenvalue weighted by Gasteiger charge is 2.18. The Labute approximate surface area is 133 Å². The molecule has 23 heavy (non-hydrogen) atoms. The molecule has 0 unspecified atom stereocenters. The molecule has 0 fully saturated rings. The van der Waals surface area contributed by atoms with E-state index >= 15 is 0 Å². The molecule has 8 heteroatoms. The molecule has 2 rings (SSSR count). The first-order valence-electron chi connectivity index (χ1n) is 6.48. The van der Waals surface area contributed by atoms with E-state index in [1.807, 2.05) is 0 Å². The molecule has 7 nitrogen and oxygen atoms in total. The first-order chi connectivity index (χ1) is 10.7. The molecule has 0 aliphatic heterocycles. The van der Waals surface area contributed by atoms with Crippen LogP contribution in [0.2, 0.25) is 0 Å². The van der Waals surface area contributed by atoms with Gasteiger partial charge < -0.3 is 4.57 Å². The van der Waals surface area contributed by atoms with Crippen LogP contribution in [0.4, 0.5) is 5.69 Å². The van der Waals surface area contributed by atoms with Crippen LogP contribution in [0.5, 0.6) is 0 Å². The van der Waals surface area contributed by atoms with Crippen molar-refractivity contribution in [3.8, 4) is 11.8 Å². The van der Waals surface area contributed by atoms with Gasteiger partial charge in [0, 0.05) is 24.2 Å².